The maximum absolute atomic E-state index is 12.6. The molecule has 1 aliphatic rings. The molecular formula is C19H18ClN5O. The number of nitrogens with one attached hydrogen (secondary N) is 2. The molecular weight excluding hydrogens is 350 g/mol. The Hall–Kier alpha value is -2.86. The number of para-hydroxylation sites is 2. The second-order valence-electron chi connectivity index (χ2n) is 6.59. The van der Waals surface area contributed by atoms with Crippen LogP contribution in [0, 0.1) is 6.92 Å². The fourth-order valence-electron chi connectivity index (χ4n) is 2.86. The van der Waals surface area contributed by atoms with Gasteiger partial charge in [0.1, 0.15) is 5.82 Å². The first kappa shape index (κ1) is 16.6. The summed E-state index contributed by atoms with van der Waals surface area (Å²) in [5.74, 6) is 0.904. The number of aromatic amines is 1. The van der Waals surface area contributed by atoms with Gasteiger partial charge >= 0.3 is 0 Å². The molecule has 7 heteroatoms. The summed E-state index contributed by atoms with van der Waals surface area (Å²) >= 11 is 6.26. The van der Waals surface area contributed by atoms with Crippen LogP contribution >= 0.6 is 11.6 Å². The Kier molecular flexibility index (Phi) is 3.92. The number of nitrogens with zero attached hydrogens (tertiary/aromatic N) is 3. The number of carbonyl (C=O) groups excluding carboxylic acids is 1. The van der Waals surface area contributed by atoms with Crippen LogP contribution in [0.25, 0.3) is 17.0 Å². The molecule has 0 saturated carbocycles. The summed E-state index contributed by atoms with van der Waals surface area (Å²) in [6.45, 7) is 3.78. The Morgan fingerprint density at radius 2 is 2.19 bits per heavy atom. The molecule has 1 aromatic carbocycles. The molecule has 2 heterocycles. The van der Waals surface area contributed by atoms with Crippen LogP contribution < -0.4 is 5.32 Å². The fraction of sp³-hybridized carbons (Fsp3) is 0.211. The molecule has 0 fully saturated rings. The quantitative estimate of drug-likeness (QED) is 0.690. The zero-order valence-corrected chi connectivity index (χ0v) is 15.2. The molecule has 4 rings (SSSR count). The molecule has 0 radical (unpaired) electrons. The number of allylic oxidation sites excluding steroid dienone is 2. The third kappa shape index (κ3) is 3.15. The lowest BCUT2D eigenvalue weighted by molar-refractivity contribution is -0.112. The summed E-state index contributed by atoms with van der Waals surface area (Å²) < 4.78 is 1.60. The Morgan fingerprint density at radius 1 is 1.38 bits per heavy atom. The number of anilines is 1. The van der Waals surface area contributed by atoms with Crippen LogP contribution in [0.2, 0.25) is 0 Å². The van der Waals surface area contributed by atoms with E-state index in [2.05, 4.69) is 20.4 Å². The lowest BCUT2D eigenvalue weighted by Gasteiger charge is -2.19. The van der Waals surface area contributed by atoms with Gasteiger partial charge in [0, 0.05) is 11.6 Å². The van der Waals surface area contributed by atoms with Gasteiger partial charge in [-0.25, -0.2) is 4.98 Å². The van der Waals surface area contributed by atoms with E-state index in [-0.39, 0.29) is 5.91 Å². The van der Waals surface area contributed by atoms with Crippen LogP contribution in [0.1, 0.15) is 19.0 Å². The van der Waals surface area contributed by atoms with E-state index < -0.39 is 4.87 Å². The number of rotatable bonds is 3. The van der Waals surface area contributed by atoms with Crippen molar-refractivity contribution in [3.05, 3.63) is 59.8 Å². The molecule has 0 bridgehead atoms. The van der Waals surface area contributed by atoms with E-state index in [0.717, 1.165) is 16.7 Å². The van der Waals surface area contributed by atoms with Gasteiger partial charge in [-0.15, -0.1) is 11.6 Å². The molecule has 6 nitrogen and oxygen atoms in total. The van der Waals surface area contributed by atoms with E-state index in [1.807, 2.05) is 56.3 Å². The molecule has 1 atom stereocenters. The highest BCUT2D eigenvalue weighted by Gasteiger charge is 2.22. The van der Waals surface area contributed by atoms with Crippen molar-refractivity contribution in [2.45, 2.75) is 25.1 Å². The second kappa shape index (κ2) is 6.14. The van der Waals surface area contributed by atoms with Gasteiger partial charge in [0.2, 0.25) is 5.95 Å². The molecule has 2 aromatic heterocycles. The second-order valence-corrected chi connectivity index (χ2v) is 7.45. The summed E-state index contributed by atoms with van der Waals surface area (Å²) in [7, 11) is 0. The predicted octanol–water partition coefficient (Wildman–Crippen LogP) is 3.88. The van der Waals surface area contributed by atoms with Gasteiger partial charge < -0.3 is 10.3 Å². The van der Waals surface area contributed by atoms with Gasteiger partial charge in [0.15, 0.2) is 0 Å². The lowest BCUT2D eigenvalue weighted by atomic mass is 9.97. The molecule has 26 heavy (non-hydrogen) atoms. The minimum Gasteiger partial charge on any atom is -0.322 e. The number of hydrogen-bond donors (Lipinski definition) is 2. The van der Waals surface area contributed by atoms with Crippen molar-refractivity contribution in [1.82, 2.24) is 19.7 Å². The zero-order chi connectivity index (χ0) is 18.3. The topological polar surface area (TPSA) is 75.6 Å². The van der Waals surface area contributed by atoms with Gasteiger partial charge in [-0.1, -0.05) is 30.4 Å². The van der Waals surface area contributed by atoms with Crippen molar-refractivity contribution in [1.29, 1.82) is 0 Å². The molecule has 0 spiro atoms. The van der Waals surface area contributed by atoms with Crippen molar-refractivity contribution in [2.24, 2.45) is 0 Å². The molecule has 0 saturated heterocycles. The third-order valence-corrected chi connectivity index (χ3v) is 4.52. The number of imidazole rings is 1. The smallest absolute Gasteiger partial charge is 0.256 e. The molecule has 1 aliphatic carbocycles. The number of amides is 1. The SMILES string of the molecule is Cc1cc(NC(=O)C2=CCC(C)(Cl)C=C2)n(-c2nc3ccccc3[nH]2)n1. The van der Waals surface area contributed by atoms with Crippen molar-refractivity contribution in [2.75, 3.05) is 5.32 Å². The average molecular weight is 368 g/mol. The maximum Gasteiger partial charge on any atom is 0.256 e. The van der Waals surface area contributed by atoms with Crippen LogP contribution in [0.4, 0.5) is 5.82 Å². The summed E-state index contributed by atoms with van der Waals surface area (Å²) in [4.78, 5) is 19.9. The van der Waals surface area contributed by atoms with E-state index in [9.17, 15) is 4.79 Å². The Morgan fingerprint density at radius 3 is 2.92 bits per heavy atom. The third-order valence-electron chi connectivity index (χ3n) is 4.24. The zero-order valence-electron chi connectivity index (χ0n) is 14.5. The predicted molar refractivity (Wildman–Crippen MR) is 103 cm³/mol. The first-order valence-electron chi connectivity index (χ1n) is 8.33. The van der Waals surface area contributed by atoms with Gasteiger partial charge in [-0.3, -0.25) is 4.79 Å². The number of hydrogen-bond acceptors (Lipinski definition) is 3. The summed E-state index contributed by atoms with van der Waals surface area (Å²) in [6.07, 6.45) is 6.04. The van der Waals surface area contributed by atoms with E-state index in [1.165, 1.54) is 0 Å². The van der Waals surface area contributed by atoms with Gasteiger partial charge in [-0.05, 0) is 32.4 Å². The van der Waals surface area contributed by atoms with Crippen molar-refractivity contribution in [3.8, 4) is 5.95 Å². The van der Waals surface area contributed by atoms with Crippen LogP contribution in [0.3, 0.4) is 0 Å². The fourth-order valence-corrected chi connectivity index (χ4v) is 3.00. The van der Waals surface area contributed by atoms with Crippen molar-refractivity contribution >= 4 is 34.4 Å². The van der Waals surface area contributed by atoms with E-state index in [0.29, 0.717) is 23.8 Å². The highest BCUT2D eigenvalue weighted by molar-refractivity contribution is 6.25. The Balaban J connectivity index is 1.63. The lowest BCUT2D eigenvalue weighted by Crippen LogP contribution is -2.21. The normalized spacial score (nSPS) is 19.6. The van der Waals surface area contributed by atoms with Crippen molar-refractivity contribution < 1.29 is 4.79 Å². The van der Waals surface area contributed by atoms with Crippen LogP contribution in [-0.2, 0) is 4.79 Å². The van der Waals surface area contributed by atoms with Gasteiger partial charge in [-0.2, -0.15) is 9.78 Å². The summed E-state index contributed by atoms with van der Waals surface area (Å²) in [5.41, 5.74) is 3.11. The monoisotopic (exact) mass is 367 g/mol. The van der Waals surface area contributed by atoms with E-state index >= 15 is 0 Å². The average Bonchev–Trinajstić information content (AvgIpc) is 3.17. The largest absolute Gasteiger partial charge is 0.322 e. The number of aryl methyl sites for hydroxylation is 1. The highest BCUT2D eigenvalue weighted by atomic mass is 35.5. The summed E-state index contributed by atoms with van der Waals surface area (Å²) in [6, 6.07) is 9.54. The van der Waals surface area contributed by atoms with Gasteiger partial charge in [0.25, 0.3) is 5.91 Å². The first-order valence-corrected chi connectivity index (χ1v) is 8.70. The molecule has 2 N–H and O–H groups in total. The summed E-state index contributed by atoms with van der Waals surface area (Å²) in [5, 5.41) is 7.36. The number of benzene rings is 1. The molecule has 3 aromatic rings. The maximum atomic E-state index is 12.6. The number of aromatic nitrogens is 4. The molecule has 1 amide bonds. The minimum absolute atomic E-state index is 0.203. The Bertz CT molecular complexity index is 1020. The van der Waals surface area contributed by atoms with Crippen molar-refractivity contribution in [3.63, 3.8) is 0 Å². The number of carbonyl (C=O) groups is 1. The minimum atomic E-state index is -0.434. The first-order chi connectivity index (χ1) is 12.4. The molecule has 0 aliphatic heterocycles. The van der Waals surface area contributed by atoms with Crippen LogP contribution in [0.5, 0.6) is 0 Å². The molecule has 1 unspecified atom stereocenters. The van der Waals surface area contributed by atoms with Crippen LogP contribution in [-0.4, -0.2) is 30.5 Å². The van der Waals surface area contributed by atoms with Gasteiger partial charge in [0.05, 0.1) is 21.6 Å². The number of H-pyrrole nitrogens is 1. The molecule has 132 valence electrons. The number of halogens is 1. The van der Waals surface area contributed by atoms with E-state index in [4.69, 9.17) is 11.6 Å². The number of fused-ring (bicyclic) bond motifs is 1. The highest BCUT2D eigenvalue weighted by Crippen LogP contribution is 2.27. The Labute approximate surface area is 155 Å². The van der Waals surface area contributed by atoms with E-state index in [1.54, 1.807) is 10.8 Å². The standard InChI is InChI=1S/C19H18ClN5O/c1-12-11-16(23-17(26)13-7-9-19(2,20)10-8-13)25(24-12)18-21-14-5-3-4-6-15(14)22-18/h3-9,11H,10H2,1-2H3,(H,21,22)(H,23,26). The van der Waals surface area contributed by atoms with Crippen LogP contribution in [0.15, 0.2) is 54.1 Å². The number of alkyl halides is 1.